The van der Waals surface area contributed by atoms with Gasteiger partial charge in [0.2, 0.25) is 11.8 Å². The molecule has 2 amide bonds. The average molecular weight is 331 g/mol. The number of anilines is 1. The van der Waals surface area contributed by atoms with Crippen LogP contribution in [0.15, 0.2) is 54.6 Å². The van der Waals surface area contributed by atoms with E-state index in [1.165, 1.54) is 11.8 Å². The van der Waals surface area contributed by atoms with Crippen molar-refractivity contribution in [3.63, 3.8) is 0 Å². The second-order valence-corrected chi connectivity index (χ2v) is 5.67. The SMILES string of the molecule is CC(=O)N(CCc1cccc(Cl)c1)CC(=O)Nc1ccccc1. The molecule has 0 aliphatic carbocycles. The third-order valence-electron chi connectivity index (χ3n) is 3.40. The first-order valence-corrected chi connectivity index (χ1v) is 7.77. The molecule has 1 N–H and O–H groups in total. The largest absolute Gasteiger partial charge is 0.333 e. The Balaban J connectivity index is 1.91. The van der Waals surface area contributed by atoms with Gasteiger partial charge in [0, 0.05) is 24.2 Å². The van der Waals surface area contributed by atoms with Crippen LogP contribution in [0.5, 0.6) is 0 Å². The Hall–Kier alpha value is -2.33. The van der Waals surface area contributed by atoms with Crippen molar-refractivity contribution in [2.24, 2.45) is 0 Å². The number of benzene rings is 2. The van der Waals surface area contributed by atoms with E-state index in [9.17, 15) is 9.59 Å². The predicted octanol–water partition coefficient (Wildman–Crippen LogP) is 3.37. The van der Waals surface area contributed by atoms with Gasteiger partial charge in [0.05, 0.1) is 6.54 Å². The molecule has 0 unspecified atom stereocenters. The topological polar surface area (TPSA) is 49.4 Å². The zero-order valence-electron chi connectivity index (χ0n) is 13.0. The van der Waals surface area contributed by atoms with Crippen LogP contribution in [-0.2, 0) is 16.0 Å². The van der Waals surface area contributed by atoms with Gasteiger partial charge in [-0.05, 0) is 36.2 Å². The van der Waals surface area contributed by atoms with Crippen molar-refractivity contribution in [2.45, 2.75) is 13.3 Å². The smallest absolute Gasteiger partial charge is 0.243 e. The molecule has 0 saturated carbocycles. The number of hydrogen-bond donors (Lipinski definition) is 1. The molecule has 0 bridgehead atoms. The molecule has 0 heterocycles. The first-order valence-electron chi connectivity index (χ1n) is 7.39. The number of halogens is 1. The number of carbonyl (C=O) groups is 2. The van der Waals surface area contributed by atoms with E-state index in [1.807, 2.05) is 48.5 Å². The van der Waals surface area contributed by atoms with E-state index in [4.69, 9.17) is 11.6 Å². The maximum absolute atomic E-state index is 12.1. The fourth-order valence-electron chi connectivity index (χ4n) is 2.20. The molecule has 120 valence electrons. The Labute approximate surface area is 141 Å². The Morgan fingerprint density at radius 1 is 1.09 bits per heavy atom. The molecule has 0 spiro atoms. The first-order chi connectivity index (χ1) is 11.0. The standard InChI is InChI=1S/C18H19ClN2O2/c1-14(22)21(11-10-15-6-5-7-16(19)12-15)13-18(23)20-17-8-3-2-4-9-17/h2-9,12H,10-11,13H2,1H3,(H,20,23). The molecule has 0 atom stereocenters. The molecule has 2 aromatic rings. The number of para-hydroxylation sites is 1. The minimum absolute atomic E-state index is 0.0325. The van der Waals surface area contributed by atoms with E-state index < -0.39 is 0 Å². The third kappa shape index (κ3) is 5.75. The summed E-state index contributed by atoms with van der Waals surface area (Å²) in [5.41, 5.74) is 1.75. The minimum atomic E-state index is -0.211. The molecule has 0 radical (unpaired) electrons. The van der Waals surface area contributed by atoms with Gasteiger partial charge >= 0.3 is 0 Å². The van der Waals surface area contributed by atoms with E-state index in [2.05, 4.69) is 5.32 Å². The summed E-state index contributed by atoms with van der Waals surface area (Å²) in [6.45, 7) is 1.97. The summed E-state index contributed by atoms with van der Waals surface area (Å²) >= 11 is 5.95. The lowest BCUT2D eigenvalue weighted by Gasteiger charge is -2.20. The first kappa shape index (κ1) is 17.0. The lowest BCUT2D eigenvalue weighted by molar-refractivity contribution is -0.132. The molecule has 0 saturated heterocycles. The molecule has 0 fully saturated rings. The van der Waals surface area contributed by atoms with Gasteiger partial charge in [0.25, 0.3) is 0 Å². The van der Waals surface area contributed by atoms with Crippen molar-refractivity contribution < 1.29 is 9.59 Å². The summed E-state index contributed by atoms with van der Waals surface area (Å²) in [6.07, 6.45) is 0.652. The van der Waals surface area contributed by atoms with Crippen LogP contribution in [0, 0.1) is 0 Å². The van der Waals surface area contributed by atoms with Crippen LogP contribution in [0.1, 0.15) is 12.5 Å². The molecule has 0 aromatic heterocycles. The van der Waals surface area contributed by atoms with Gasteiger partial charge in [-0.1, -0.05) is 41.9 Å². The molecule has 0 aliphatic heterocycles. The number of rotatable bonds is 6. The van der Waals surface area contributed by atoms with Gasteiger partial charge < -0.3 is 10.2 Å². The van der Waals surface area contributed by atoms with Crippen LogP contribution in [0.25, 0.3) is 0 Å². The highest BCUT2D eigenvalue weighted by molar-refractivity contribution is 6.30. The summed E-state index contributed by atoms with van der Waals surface area (Å²) in [5, 5.41) is 3.45. The molecule has 2 aromatic carbocycles. The quantitative estimate of drug-likeness (QED) is 0.882. The summed E-state index contributed by atoms with van der Waals surface area (Å²) < 4.78 is 0. The van der Waals surface area contributed by atoms with Gasteiger partial charge in [-0.3, -0.25) is 9.59 Å². The van der Waals surface area contributed by atoms with E-state index in [0.29, 0.717) is 18.0 Å². The van der Waals surface area contributed by atoms with Crippen LogP contribution in [0.2, 0.25) is 5.02 Å². The number of amides is 2. The van der Waals surface area contributed by atoms with Gasteiger partial charge in [-0.25, -0.2) is 0 Å². The van der Waals surface area contributed by atoms with E-state index >= 15 is 0 Å². The van der Waals surface area contributed by atoms with Crippen LogP contribution < -0.4 is 5.32 Å². The molecular weight excluding hydrogens is 312 g/mol. The van der Waals surface area contributed by atoms with Gasteiger partial charge in [-0.15, -0.1) is 0 Å². The van der Waals surface area contributed by atoms with Crippen molar-refractivity contribution in [3.05, 3.63) is 65.2 Å². The fraction of sp³-hybridized carbons (Fsp3) is 0.222. The number of hydrogen-bond acceptors (Lipinski definition) is 2. The zero-order chi connectivity index (χ0) is 16.7. The van der Waals surface area contributed by atoms with Crippen LogP contribution in [0.4, 0.5) is 5.69 Å². The highest BCUT2D eigenvalue weighted by Crippen LogP contribution is 2.12. The van der Waals surface area contributed by atoms with Gasteiger partial charge in [0.1, 0.15) is 0 Å². The second-order valence-electron chi connectivity index (χ2n) is 5.23. The Morgan fingerprint density at radius 3 is 2.48 bits per heavy atom. The molecule has 2 rings (SSSR count). The monoisotopic (exact) mass is 330 g/mol. The summed E-state index contributed by atoms with van der Waals surface area (Å²) in [6, 6.07) is 16.7. The third-order valence-corrected chi connectivity index (χ3v) is 3.63. The zero-order valence-corrected chi connectivity index (χ0v) is 13.7. The van der Waals surface area contributed by atoms with Crippen LogP contribution in [-0.4, -0.2) is 29.8 Å². The van der Waals surface area contributed by atoms with E-state index in [-0.39, 0.29) is 18.4 Å². The predicted molar refractivity (Wildman–Crippen MR) is 92.5 cm³/mol. The maximum Gasteiger partial charge on any atom is 0.243 e. The second kappa shape index (κ2) is 8.34. The fourth-order valence-corrected chi connectivity index (χ4v) is 2.41. The molecular formula is C18H19ClN2O2. The van der Waals surface area contributed by atoms with Crippen molar-refractivity contribution in [2.75, 3.05) is 18.4 Å². The number of carbonyl (C=O) groups excluding carboxylic acids is 2. The van der Waals surface area contributed by atoms with E-state index in [0.717, 1.165) is 11.3 Å². The average Bonchev–Trinajstić information content (AvgIpc) is 2.52. The summed E-state index contributed by atoms with van der Waals surface area (Å²) in [5.74, 6) is -0.340. The maximum atomic E-state index is 12.1. The Bertz CT molecular complexity index is 674. The van der Waals surface area contributed by atoms with E-state index in [1.54, 1.807) is 6.07 Å². The minimum Gasteiger partial charge on any atom is -0.333 e. The molecule has 0 aliphatic rings. The molecule has 4 nitrogen and oxygen atoms in total. The van der Waals surface area contributed by atoms with Gasteiger partial charge in [0.15, 0.2) is 0 Å². The normalized spacial score (nSPS) is 10.2. The lowest BCUT2D eigenvalue weighted by atomic mass is 10.1. The number of nitrogens with one attached hydrogen (secondary N) is 1. The Morgan fingerprint density at radius 2 is 1.83 bits per heavy atom. The van der Waals surface area contributed by atoms with Crippen LogP contribution >= 0.6 is 11.6 Å². The lowest BCUT2D eigenvalue weighted by Crippen LogP contribution is -2.37. The Kier molecular flexibility index (Phi) is 6.18. The highest BCUT2D eigenvalue weighted by atomic mass is 35.5. The van der Waals surface area contributed by atoms with Crippen molar-refractivity contribution in [1.29, 1.82) is 0 Å². The highest BCUT2D eigenvalue weighted by Gasteiger charge is 2.13. The van der Waals surface area contributed by atoms with Crippen molar-refractivity contribution in [3.8, 4) is 0 Å². The number of nitrogens with zero attached hydrogens (tertiary/aromatic N) is 1. The van der Waals surface area contributed by atoms with Crippen LogP contribution in [0.3, 0.4) is 0 Å². The summed E-state index contributed by atoms with van der Waals surface area (Å²) in [4.78, 5) is 25.3. The summed E-state index contributed by atoms with van der Waals surface area (Å²) in [7, 11) is 0. The van der Waals surface area contributed by atoms with Gasteiger partial charge in [-0.2, -0.15) is 0 Å². The molecule has 5 heteroatoms. The van der Waals surface area contributed by atoms with Crippen molar-refractivity contribution in [1.82, 2.24) is 4.90 Å². The molecule has 23 heavy (non-hydrogen) atoms. The van der Waals surface area contributed by atoms with Crippen molar-refractivity contribution >= 4 is 29.1 Å².